The molecule has 5 heteroatoms. The minimum atomic E-state index is -0.116. The molecule has 0 saturated carbocycles. The van der Waals surface area contributed by atoms with Crippen molar-refractivity contribution in [3.05, 3.63) is 53.6 Å². The van der Waals surface area contributed by atoms with Crippen LogP contribution < -0.4 is 19.5 Å². The SMILES string of the molecule is CCOc1ccc(C(=O)NC[C@H]2Cc3cc(OC)ccc3O2)cc1. The maximum atomic E-state index is 12.2. The van der Waals surface area contributed by atoms with Crippen molar-refractivity contribution >= 4 is 5.91 Å². The van der Waals surface area contributed by atoms with Gasteiger partial charge >= 0.3 is 0 Å². The third-order valence-corrected chi connectivity index (χ3v) is 3.93. The largest absolute Gasteiger partial charge is 0.497 e. The van der Waals surface area contributed by atoms with E-state index in [2.05, 4.69) is 5.32 Å². The summed E-state index contributed by atoms with van der Waals surface area (Å²) < 4.78 is 16.5. The zero-order chi connectivity index (χ0) is 16.9. The first-order chi connectivity index (χ1) is 11.7. The highest BCUT2D eigenvalue weighted by Crippen LogP contribution is 2.31. The van der Waals surface area contributed by atoms with Crippen LogP contribution in [0.4, 0.5) is 0 Å². The second-order valence-corrected chi connectivity index (χ2v) is 5.59. The van der Waals surface area contributed by atoms with Crippen molar-refractivity contribution in [3.8, 4) is 17.2 Å². The zero-order valence-electron chi connectivity index (χ0n) is 13.9. The Morgan fingerprint density at radius 1 is 1.21 bits per heavy atom. The van der Waals surface area contributed by atoms with Crippen molar-refractivity contribution in [1.29, 1.82) is 0 Å². The molecule has 3 rings (SSSR count). The second kappa shape index (κ2) is 7.25. The van der Waals surface area contributed by atoms with Crippen LogP contribution in [0.3, 0.4) is 0 Å². The molecular formula is C19H21NO4. The number of rotatable bonds is 6. The van der Waals surface area contributed by atoms with E-state index in [0.717, 1.165) is 29.2 Å². The van der Waals surface area contributed by atoms with Crippen molar-refractivity contribution in [2.45, 2.75) is 19.4 Å². The summed E-state index contributed by atoms with van der Waals surface area (Å²) in [4.78, 5) is 12.2. The zero-order valence-corrected chi connectivity index (χ0v) is 13.9. The van der Waals surface area contributed by atoms with Crippen molar-refractivity contribution in [1.82, 2.24) is 5.32 Å². The lowest BCUT2D eigenvalue weighted by Crippen LogP contribution is -2.34. The van der Waals surface area contributed by atoms with E-state index in [1.165, 1.54) is 0 Å². The highest BCUT2D eigenvalue weighted by molar-refractivity contribution is 5.94. The predicted molar refractivity (Wildman–Crippen MR) is 91.1 cm³/mol. The van der Waals surface area contributed by atoms with E-state index in [1.54, 1.807) is 31.4 Å². The number of fused-ring (bicyclic) bond motifs is 1. The van der Waals surface area contributed by atoms with Gasteiger partial charge in [-0.25, -0.2) is 0 Å². The summed E-state index contributed by atoms with van der Waals surface area (Å²) in [6, 6.07) is 12.9. The van der Waals surface area contributed by atoms with Gasteiger partial charge in [0.25, 0.3) is 5.91 Å². The first-order valence-corrected chi connectivity index (χ1v) is 8.04. The average molecular weight is 327 g/mol. The molecule has 2 aromatic carbocycles. The van der Waals surface area contributed by atoms with Gasteiger partial charge in [-0.3, -0.25) is 4.79 Å². The van der Waals surface area contributed by atoms with Crippen LogP contribution in [0.1, 0.15) is 22.8 Å². The number of amides is 1. The molecule has 0 fully saturated rings. The van der Waals surface area contributed by atoms with Gasteiger partial charge in [0.1, 0.15) is 23.4 Å². The number of carbonyl (C=O) groups excluding carboxylic acids is 1. The standard InChI is InChI=1S/C19H21NO4/c1-3-23-15-6-4-13(5-7-15)19(21)20-12-17-11-14-10-16(22-2)8-9-18(14)24-17/h4-10,17H,3,11-12H2,1-2H3,(H,20,21)/t17-/m1/s1. The van der Waals surface area contributed by atoms with Crippen LogP contribution in [0.15, 0.2) is 42.5 Å². The van der Waals surface area contributed by atoms with E-state index in [-0.39, 0.29) is 12.0 Å². The van der Waals surface area contributed by atoms with E-state index in [0.29, 0.717) is 18.7 Å². The van der Waals surface area contributed by atoms with E-state index in [4.69, 9.17) is 14.2 Å². The minimum Gasteiger partial charge on any atom is -0.497 e. The molecule has 0 bridgehead atoms. The lowest BCUT2D eigenvalue weighted by Gasteiger charge is -2.12. The monoisotopic (exact) mass is 327 g/mol. The molecule has 24 heavy (non-hydrogen) atoms. The summed E-state index contributed by atoms with van der Waals surface area (Å²) in [7, 11) is 1.64. The summed E-state index contributed by atoms with van der Waals surface area (Å²) in [5, 5.41) is 2.92. The first kappa shape index (κ1) is 16.2. The number of methoxy groups -OCH3 is 1. The fourth-order valence-electron chi connectivity index (χ4n) is 2.72. The van der Waals surface area contributed by atoms with Crippen LogP contribution in [-0.2, 0) is 6.42 Å². The summed E-state index contributed by atoms with van der Waals surface area (Å²) >= 11 is 0. The van der Waals surface area contributed by atoms with E-state index < -0.39 is 0 Å². The molecule has 1 amide bonds. The Morgan fingerprint density at radius 3 is 2.67 bits per heavy atom. The summed E-state index contributed by atoms with van der Waals surface area (Å²) in [5.74, 6) is 2.32. The number of nitrogens with one attached hydrogen (secondary N) is 1. The topological polar surface area (TPSA) is 56.8 Å². The van der Waals surface area contributed by atoms with Gasteiger partial charge in [-0.05, 0) is 49.4 Å². The molecule has 0 saturated heterocycles. The van der Waals surface area contributed by atoms with Gasteiger partial charge in [0.2, 0.25) is 0 Å². The molecule has 0 spiro atoms. The highest BCUT2D eigenvalue weighted by Gasteiger charge is 2.23. The number of carbonyl (C=O) groups is 1. The third kappa shape index (κ3) is 3.62. The Bertz CT molecular complexity index is 712. The molecule has 126 valence electrons. The van der Waals surface area contributed by atoms with Crippen LogP contribution in [0, 0.1) is 0 Å². The first-order valence-electron chi connectivity index (χ1n) is 8.04. The third-order valence-electron chi connectivity index (χ3n) is 3.93. The molecule has 0 unspecified atom stereocenters. The van der Waals surface area contributed by atoms with Gasteiger partial charge in [-0.1, -0.05) is 0 Å². The molecule has 1 heterocycles. The van der Waals surface area contributed by atoms with Crippen molar-refractivity contribution < 1.29 is 19.0 Å². The summed E-state index contributed by atoms with van der Waals surface area (Å²) in [6.07, 6.45) is 0.703. The molecular weight excluding hydrogens is 306 g/mol. The molecule has 1 atom stereocenters. The Balaban J connectivity index is 1.53. The van der Waals surface area contributed by atoms with Gasteiger partial charge in [-0.15, -0.1) is 0 Å². The van der Waals surface area contributed by atoms with Crippen LogP contribution in [-0.4, -0.2) is 32.3 Å². The predicted octanol–water partition coefficient (Wildman–Crippen LogP) is 2.83. The van der Waals surface area contributed by atoms with Crippen molar-refractivity contribution in [2.75, 3.05) is 20.3 Å². The molecule has 1 N–H and O–H groups in total. The molecule has 1 aliphatic heterocycles. The van der Waals surface area contributed by atoms with Crippen molar-refractivity contribution in [3.63, 3.8) is 0 Å². The van der Waals surface area contributed by atoms with E-state index in [1.807, 2.05) is 25.1 Å². The Morgan fingerprint density at radius 2 is 1.96 bits per heavy atom. The quantitative estimate of drug-likeness (QED) is 0.886. The number of hydrogen-bond donors (Lipinski definition) is 1. The normalized spacial score (nSPS) is 15.3. The number of hydrogen-bond acceptors (Lipinski definition) is 4. The Hall–Kier alpha value is -2.69. The molecule has 5 nitrogen and oxygen atoms in total. The fourth-order valence-corrected chi connectivity index (χ4v) is 2.72. The van der Waals surface area contributed by atoms with Crippen molar-refractivity contribution in [2.24, 2.45) is 0 Å². The van der Waals surface area contributed by atoms with Gasteiger partial charge in [0.15, 0.2) is 0 Å². The lowest BCUT2D eigenvalue weighted by atomic mass is 10.1. The van der Waals surface area contributed by atoms with Gasteiger partial charge in [-0.2, -0.15) is 0 Å². The van der Waals surface area contributed by atoms with Crippen LogP contribution in [0.5, 0.6) is 17.2 Å². The fraction of sp³-hybridized carbons (Fsp3) is 0.316. The average Bonchev–Trinajstić information content (AvgIpc) is 3.02. The lowest BCUT2D eigenvalue weighted by molar-refractivity contribution is 0.0933. The number of benzene rings is 2. The molecule has 0 aliphatic carbocycles. The minimum absolute atomic E-state index is 0.0567. The molecule has 0 radical (unpaired) electrons. The summed E-state index contributed by atoms with van der Waals surface area (Å²) in [5.41, 5.74) is 1.71. The van der Waals surface area contributed by atoms with Crippen LogP contribution >= 0.6 is 0 Å². The maximum absolute atomic E-state index is 12.2. The van der Waals surface area contributed by atoms with Gasteiger partial charge in [0.05, 0.1) is 20.3 Å². The Kier molecular flexibility index (Phi) is 4.89. The Labute approximate surface area is 141 Å². The second-order valence-electron chi connectivity index (χ2n) is 5.59. The van der Waals surface area contributed by atoms with Gasteiger partial charge < -0.3 is 19.5 Å². The molecule has 1 aliphatic rings. The number of ether oxygens (including phenoxy) is 3. The van der Waals surface area contributed by atoms with Crippen LogP contribution in [0.2, 0.25) is 0 Å². The summed E-state index contributed by atoms with van der Waals surface area (Å²) in [6.45, 7) is 2.99. The van der Waals surface area contributed by atoms with Crippen LogP contribution in [0.25, 0.3) is 0 Å². The van der Waals surface area contributed by atoms with E-state index in [9.17, 15) is 4.79 Å². The maximum Gasteiger partial charge on any atom is 0.251 e. The van der Waals surface area contributed by atoms with Gasteiger partial charge in [0, 0.05) is 17.5 Å². The van der Waals surface area contributed by atoms with E-state index >= 15 is 0 Å². The smallest absolute Gasteiger partial charge is 0.251 e. The molecule has 0 aromatic heterocycles. The molecule has 2 aromatic rings. The highest BCUT2D eigenvalue weighted by atomic mass is 16.5.